The van der Waals surface area contributed by atoms with E-state index >= 15 is 0 Å². The predicted molar refractivity (Wildman–Crippen MR) is 61.1 cm³/mol. The van der Waals surface area contributed by atoms with Gasteiger partial charge in [0, 0.05) is 12.3 Å². The first-order chi connectivity index (χ1) is 8.27. The minimum atomic E-state index is -0.509. The SMILES string of the molecule is O=C1Nn2c(nccc2=O)C1c1ccccc1. The summed E-state index contributed by atoms with van der Waals surface area (Å²) in [5.41, 5.74) is 3.07. The first-order valence-electron chi connectivity index (χ1n) is 5.21. The van der Waals surface area contributed by atoms with Crippen LogP contribution in [0.2, 0.25) is 0 Å². The molecule has 84 valence electrons. The Labute approximate surface area is 96.7 Å². The summed E-state index contributed by atoms with van der Waals surface area (Å²) in [6.45, 7) is 0. The summed E-state index contributed by atoms with van der Waals surface area (Å²) in [5.74, 6) is -0.300. The van der Waals surface area contributed by atoms with E-state index in [0.29, 0.717) is 5.82 Å². The molecule has 1 aliphatic heterocycles. The lowest BCUT2D eigenvalue weighted by molar-refractivity contribution is -0.116. The van der Waals surface area contributed by atoms with Crippen molar-refractivity contribution in [2.45, 2.75) is 5.92 Å². The zero-order valence-corrected chi connectivity index (χ0v) is 8.83. The fraction of sp³-hybridized carbons (Fsp3) is 0.0833. The van der Waals surface area contributed by atoms with Crippen LogP contribution in [0.25, 0.3) is 0 Å². The van der Waals surface area contributed by atoms with E-state index in [0.717, 1.165) is 5.56 Å². The Kier molecular flexibility index (Phi) is 2.04. The lowest BCUT2D eigenvalue weighted by Gasteiger charge is -2.06. The fourth-order valence-corrected chi connectivity index (χ4v) is 1.98. The van der Waals surface area contributed by atoms with E-state index in [2.05, 4.69) is 10.4 Å². The average molecular weight is 227 g/mol. The van der Waals surface area contributed by atoms with Gasteiger partial charge < -0.3 is 0 Å². The largest absolute Gasteiger partial charge is 0.272 e. The lowest BCUT2D eigenvalue weighted by atomic mass is 9.99. The summed E-state index contributed by atoms with van der Waals surface area (Å²) in [6, 6.07) is 10.6. The van der Waals surface area contributed by atoms with Crippen LogP contribution in [0.15, 0.2) is 47.4 Å². The van der Waals surface area contributed by atoms with Gasteiger partial charge in [0.2, 0.25) is 0 Å². The van der Waals surface area contributed by atoms with Crippen molar-refractivity contribution in [1.82, 2.24) is 9.66 Å². The molecule has 1 aromatic heterocycles. The molecule has 0 saturated carbocycles. The lowest BCUT2D eigenvalue weighted by Crippen LogP contribution is -2.27. The number of fused-ring (bicyclic) bond motifs is 1. The molecule has 2 aromatic rings. The number of carbonyl (C=O) groups excluding carboxylic acids is 1. The molecule has 1 aliphatic rings. The molecule has 0 fully saturated rings. The van der Waals surface area contributed by atoms with E-state index in [9.17, 15) is 9.59 Å². The van der Waals surface area contributed by atoms with Crippen molar-refractivity contribution < 1.29 is 4.79 Å². The van der Waals surface area contributed by atoms with Crippen LogP contribution in [0.3, 0.4) is 0 Å². The van der Waals surface area contributed by atoms with Gasteiger partial charge in [-0.2, -0.15) is 0 Å². The molecule has 0 radical (unpaired) electrons. The highest BCUT2D eigenvalue weighted by atomic mass is 16.2. The van der Waals surface area contributed by atoms with E-state index < -0.39 is 5.92 Å². The number of benzene rings is 1. The number of carbonyl (C=O) groups is 1. The molecule has 0 spiro atoms. The molecular weight excluding hydrogens is 218 g/mol. The topological polar surface area (TPSA) is 64.0 Å². The Morgan fingerprint density at radius 3 is 2.65 bits per heavy atom. The number of rotatable bonds is 1. The summed E-state index contributed by atoms with van der Waals surface area (Å²) in [5, 5.41) is 0. The highest BCUT2D eigenvalue weighted by molar-refractivity contribution is 5.95. The van der Waals surface area contributed by atoms with Crippen LogP contribution in [0.5, 0.6) is 0 Å². The maximum atomic E-state index is 11.9. The highest BCUT2D eigenvalue weighted by Crippen LogP contribution is 2.25. The van der Waals surface area contributed by atoms with Crippen LogP contribution < -0.4 is 11.0 Å². The van der Waals surface area contributed by atoms with Gasteiger partial charge in [0.25, 0.3) is 11.5 Å². The molecule has 1 atom stereocenters. The van der Waals surface area contributed by atoms with Crippen molar-refractivity contribution in [3.63, 3.8) is 0 Å². The quantitative estimate of drug-likeness (QED) is 0.769. The maximum absolute atomic E-state index is 11.9. The molecule has 3 rings (SSSR count). The second-order valence-electron chi connectivity index (χ2n) is 3.80. The van der Waals surface area contributed by atoms with Crippen LogP contribution >= 0.6 is 0 Å². The third-order valence-corrected chi connectivity index (χ3v) is 2.75. The van der Waals surface area contributed by atoms with Gasteiger partial charge >= 0.3 is 0 Å². The van der Waals surface area contributed by atoms with Crippen LogP contribution in [-0.2, 0) is 4.79 Å². The number of nitrogens with one attached hydrogen (secondary N) is 1. The Morgan fingerprint density at radius 2 is 1.88 bits per heavy atom. The van der Waals surface area contributed by atoms with Crippen molar-refractivity contribution in [3.8, 4) is 0 Å². The Hall–Kier alpha value is -2.43. The molecule has 1 N–H and O–H groups in total. The molecule has 0 aliphatic carbocycles. The summed E-state index contributed by atoms with van der Waals surface area (Å²) in [6.07, 6.45) is 1.42. The molecule has 17 heavy (non-hydrogen) atoms. The van der Waals surface area contributed by atoms with Crippen molar-refractivity contribution in [2.75, 3.05) is 5.43 Å². The minimum Gasteiger partial charge on any atom is -0.272 e. The fourth-order valence-electron chi connectivity index (χ4n) is 1.98. The van der Waals surface area contributed by atoms with Crippen molar-refractivity contribution in [2.24, 2.45) is 0 Å². The molecule has 2 heterocycles. The molecule has 1 aromatic carbocycles. The van der Waals surface area contributed by atoms with Gasteiger partial charge in [-0.3, -0.25) is 15.0 Å². The molecule has 0 bridgehead atoms. The summed E-state index contributed by atoms with van der Waals surface area (Å²) >= 11 is 0. The van der Waals surface area contributed by atoms with Crippen LogP contribution in [0.4, 0.5) is 0 Å². The van der Waals surface area contributed by atoms with Crippen LogP contribution in [0.1, 0.15) is 17.3 Å². The van der Waals surface area contributed by atoms with Gasteiger partial charge in [-0.05, 0) is 5.56 Å². The van der Waals surface area contributed by atoms with Gasteiger partial charge in [0.05, 0.1) is 0 Å². The summed E-state index contributed by atoms with van der Waals surface area (Å²) < 4.78 is 1.19. The molecular formula is C12H9N3O2. The zero-order valence-electron chi connectivity index (χ0n) is 8.83. The van der Waals surface area contributed by atoms with Crippen LogP contribution in [0, 0.1) is 0 Å². The van der Waals surface area contributed by atoms with Gasteiger partial charge in [-0.25, -0.2) is 9.66 Å². The molecule has 5 heteroatoms. The summed E-state index contributed by atoms with van der Waals surface area (Å²) in [4.78, 5) is 27.5. The van der Waals surface area contributed by atoms with Crippen molar-refractivity contribution >= 4 is 5.91 Å². The van der Waals surface area contributed by atoms with Gasteiger partial charge in [0.1, 0.15) is 11.7 Å². The Bertz CT molecular complexity index is 634. The monoisotopic (exact) mass is 227 g/mol. The number of aromatic nitrogens is 2. The number of nitrogens with zero attached hydrogens (tertiary/aromatic N) is 2. The van der Waals surface area contributed by atoms with E-state index in [1.165, 1.54) is 16.9 Å². The second kappa shape index (κ2) is 3.55. The Balaban J connectivity index is 2.19. The van der Waals surface area contributed by atoms with Gasteiger partial charge in [0.15, 0.2) is 0 Å². The normalized spacial score (nSPS) is 17.6. The van der Waals surface area contributed by atoms with Crippen molar-refractivity contribution in [3.05, 3.63) is 64.3 Å². The predicted octanol–water partition coefficient (Wildman–Crippen LogP) is 0.459. The minimum absolute atomic E-state index is 0.230. The molecule has 0 saturated heterocycles. The summed E-state index contributed by atoms with van der Waals surface area (Å²) in [7, 11) is 0. The van der Waals surface area contributed by atoms with Crippen molar-refractivity contribution in [1.29, 1.82) is 0 Å². The first kappa shape index (κ1) is 9.77. The third-order valence-electron chi connectivity index (χ3n) is 2.75. The maximum Gasteiger partial charge on any atom is 0.272 e. The standard InChI is InChI=1S/C12H9N3O2/c16-9-6-7-13-11-10(12(17)14-15(9)11)8-4-2-1-3-5-8/h1-7,10H,(H,14,17). The molecule has 1 unspecified atom stereocenters. The van der Waals surface area contributed by atoms with E-state index in [-0.39, 0.29) is 11.5 Å². The zero-order chi connectivity index (χ0) is 11.8. The first-order valence-corrected chi connectivity index (χ1v) is 5.21. The number of hydrogen-bond acceptors (Lipinski definition) is 3. The third kappa shape index (κ3) is 1.44. The van der Waals surface area contributed by atoms with Crippen LogP contribution in [-0.4, -0.2) is 15.6 Å². The Morgan fingerprint density at radius 1 is 1.12 bits per heavy atom. The number of amides is 1. The van der Waals surface area contributed by atoms with Gasteiger partial charge in [-0.15, -0.1) is 0 Å². The van der Waals surface area contributed by atoms with E-state index in [1.54, 1.807) is 0 Å². The van der Waals surface area contributed by atoms with E-state index in [1.807, 2.05) is 30.3 Å². The smallest absolute Gasteiger partial charge is 0.272 e. The second-order valence-corrected chi connectivity index (χ2v) is 3.80. The highest BCUT2D eigenvalue weighted by Gasteiger charge is 2.33. The molecule has 1 amide bonds. The number of hydrogen-bond donors (Lipinski definition) is 1. The van der Waals surface area contributed by atoms with Gasteiger partial charge in [-0.1, -0.05) is 30.3 Å². The average Bonchev–Trinajstić information content (AvgIpc) is 2.68. The molecule has 5 nitrogen and oxygen atoms in total. The van der Waals surface area contributed by atoms with E-state index in [4.69, 9.17) is 0 Å².